The highest BCUT2D eigenvalue weighted by molar-refractivity contribution is 5.92. The zero-order valence-electron chi connectivity index (χ0n) is 15.7. The van der Waals surface area contributed by atoms with Crippen molar-refractivity contribution in [2.24, 2.45) is 0 Å². The Morgan fingerprint density at radius 1 is 1.18 bits per heavy atom. The first-order valence-corrected chi connectivity index (χ1v) is 9.44. The van der Waals surface area contributed by atoms with E-state index in [2.05, 4.69) is 15.1 Å². The van der Waals surface area contributed by atoms with Crippen LogP contribution in [-0.2, 0) is 0 Å². The Hall–Kier alpha value is -3.22. The fraction of sp³-hybridized carbons (Fsp3) is 0.333. The van der Waals surface area contributed by atoms with Crippen LogP contribution in [0.25, 0.3) is 11.3 Å². The van der Waals surface area contributed by atoms with Crippen molar-refractivity contribution >= 4 is 5.91 Å². The van der Waals surface area contributed by atoms with Crippen LogP contribution >= 0.6 is 0 Å². The van der Waals surface area contributed by atoms with Crippen LogP contribution in [0, 0.1) is 0 Å². The van der Waals surface area contributed by atoms with Gasteiger partial charge in [0.25, 0.3) is 5.91 Å². The smallest absolute Gasteiger partial charge is 0.274 e. The van der Waals surface area contributed by atoms with E-state index in [-0.39, 0.29) is 11.9 Å². The second-order valence-corrected chi connectivity index (χ2v) is 6.80. The summed E-state index contributed by atoms with van der Waals surface area (Å²) in [5.74, 6) is 1.37. The first-order valence-electron chi connectivity index (χ1n) is 9.44. The van der Waals surface area contributed by atoms with Crippen molar-refractivity contribution < 1.29 is 14.1 Å². The molecule has 1 saturated heterocycles. The molecule has 1 atom stereocenters. The maximum atomic E-state index is 13.0. The molecule has 1 aromatic carbocycles. The fourth-order valence-electron chi connectivity index (χ4n) is 3.55. The van der Waals surface area contributed by atoms with E-state index in [0.717, 1.165) is 42.7 Å². The molecule has 144 valence electrons. The lowest BCUT2D eigenvalue weighted by Gasteiger charge is -2.27. The standard InChI is InChI=1S/C21H22N4O3/c1-27-16-8-6-15(7-9-16)17-13-20(28-24-17)19-5-3-2-4-12-25(19)21(26)18-14-22-10-11-23-18/h6-11,13-14,19H,2-5,12H2,1H3. The van der Waals surface area contributed by atoms with E-state index < -0.39 is 0 Å². The molecular weight excluding hydrogens is 356 g/mol. The van der Waals surface area contributed by atoms with Gasteiger partial charge in [-0.2, -0.15) is 0 Å². The van der Waals surface area contributed by atoms with E-state index in [9.17, 15) is 4.79 Å². The Morgan fingerprint density at radius 3 is 2.79 bits per heavy atom. The van der Waals surface area contributed by atoms with Crippen molar-refractivity contribution in [2.75, 3.05) is 13.7 Å². The van der Waals surface area contributed by atoms with Gasteiger partial charge in [0.05, 0.1) is 19.3 Å². The van der Waals surface area contributed by atoms with Gasteiger partial charge in [-0.05, 0) is 37.1 Å². The van der Waals surface area contributed by atoms with Crippen LogP contribution in [0.2, 0.25) is 0 Å². The number of amides is 1. The summed E-state index contributed by atoms with van der Waals surface area (Å²) in [7, 11) is 1.64. The zero-order valence-corrected chi connectivity index (χ0v) is 15.7. The van der Waals surface area contributed by atoms with Crippen molar-refractivity contribution in [1.29, 1.82) is 0 Å². The first kappa shape index (κ1) is 18.2. The Balaban J connectivity index is 1.61. The molecule has 2 aromatic heterocycles. The Kier molecular flexibility index (Phi) is 5.32. The quantitative estimate of drug-likeness (QED) is 0.685. The number of carbonyl (C=O) groups excluding carboxylic acids is 1. The van der Waals surface area contributed by atoms with Crippen molar-refractivity contribution in [2.45, 2.75) is 31.7 Å². The molecule has 1 unspecified atom stereocenters. The predicted octanol–water partition coefficient (Wildman–Crippen LogP) is 3.90. The van der Waals surface area contributed by atoms with E-state index >= 15 is 0 Å². The van der Waals surface area contributed by atoms with Gasteiger partial charge in [-0.3, -0.25) is 9.78 Å². The van der Waals surface area contributed by atoms with Gasteiger partial charge in [0.2, 0.25) is 0 Å². The number of benzene rings is 1. The summed E-state index contributed by atoms with van der Waals surface area (Å²) in [6.07, 6.45) is 8.52. The molecule has 1 fully saturated rings. The number of likely N-dealkylation sites (tertiary alicyclic amines) is 1. The molecule has 1 aliphatic heterocycles. The molecule has 0 bridgehead atoms. The normalized spacial score (nSPS) is 17.2. The molecule has 0 aliphatic carbocycles. The summed E-state index contributed by atoms with van der Waals surface area (Å²) in [5.41, 5.74) is 2.04. The van der Waals surface area contributed by atoms with Crippen molar-refractivity contribution in [3.8, 4) is 17.0 Å². The molecule has 3 heterocycles. The minimum absolute atomic E-state index is 0.123. The summed E-state index contributed by atoms with van der Waals surface area (Å²) in [5, 5.41) is 4.23. The van der Waals surface area contributed by atoms with Crippen LogP contribution in [-0.4, -0.2) is 39.6 Å². The average molecular weight is 378 g/mol. The maximum absolute atomic E-state index is 13.0. The molecule has 3 aromatic rings. The van der Waals surface area contributed by atoms with E-state index in [1.165, 1.54) is 12.4 Å². The van der Waals surface area contributed by atoms with Gasteiger partial charge in [0.15, 0.2) is 5.76 Å². The van der Waals surface area contributed by atoms with E-state index in [1.807, 2.05) is 35.2 Å². The minimum atomic E-state index is -0.156. The third-order valence-electron chi connectivity index (χ3n) is 5.04. The molecule has 0 radical (unpaired) electrons. The third kappa shape index (κ3) is 3.74. The van der Waals surface area contributed by atoms with Crippen molar-refractivity contribution in [3.63, 3.8) is 0 Å². The maximum Gasteiger partial charge on any atom is 0.274 e. The molecule has 0 saturated carbocycles. The molecule has 7 nitrogen and oxygen atoms in total. The third-order valence-corrected chi connectivity index (χ3v) is 5.04. The summed E-state index contributed by atoms with van der Waals surface area (Å²) in [6, 6.07) is 9.43. The van der Waals surface area contributed by atoms with Crippen LogP contribution in [0.4, 0.5) is 0 Å². The van der Waals surface area contributed by atoms with Crippen LogP contribution in [0.1, 0.15) is 48.0 Å². The van der Waals surface area contributed by atoms with Crippen LogP contribution in [0.3, 0.4) is 0 Å². The molecule has 1 aliphatic rings. The number of aromatic nitrogens is 3. The lowest BCUT2D eigenvalue weighted by atomic mass is 10.1. The fourth-order valence-corrected chi connectivity index (χ4v) is 3.55. The minimum Gasteiger partial charge on any atom is -0.497 e. The number of carbonyl (C=O) groups is 1. The molecule has 4 rings (SSSR count). The Bertz CT molecular complexity index is 924. The van der Waals surface area contributed by atoms with Gasteiger partial charge in [0.1, 0.15) is 17.1 Å². The highest BCUT2D eigenvalue weighted by Crippen LogP contribution is 2.33. The SMILES string of the molecule is COc1ccc(-c2cc(C3CCCCCN3C(=O)c3cnccn3)on2)cc1. The van der Waals surface area contributed by atoms with Gasteiger partial charge in [-0.1, -0.05) is 18.0 Å². The summed E-state index contributed by atoms with van der Waals surface area (Å²) < 4.78 is 10.9. The number of hydrogen-bond acceptors (Lipinski definition) is 6. The molecule has 0 spiro atoms. The summed E-state index contributed by atoms with van der Waals surface area (Å²) in [4.78, 5) is 23.1. The number of hydrogen-bond donors (Lipinski definition) is 0. The average Bonchev–Trinajstić information content (AvgIpc) is 3.12. The molecule has 7 heteroatoms. The molecule has 0 N–H and O–H groups in total. The largest absolute Gasteiger partial charge is 0.497 e. The van der Waals surface area contributed by atoms with Crippen molar-refractivity contribution in [3.05, 3.63) is 60.4 Å². The van der Waals surface area contributed by atoms with E-state index in [1.54, 1.807) is 13.3 Å². The van der Waals surface area contributed by atoms with Crippen LogP contribution in [0.15, 0.2) is 53.4 Å². The van der Waals surface area contributed by atoms with Crippen molar-refractivity contribution in [1.82, 2.24) is 20.0 Å². The van der Waals surface area contributed by atoms with E-state index in [4.69, 9.17) is 9.26 Å². The molecule has 28 heavy (non-hydrogen) atoms. The Morgan fingerprint density at radius 2 is 2.04 bits per heavy atom. The number of ether oxygens (including phenoxy) is 1. The van der Waals surface area contributed by atoms with Gasteiger partial charge >= 0.3 is 0 Å². The van der Waals surface area contributed by atoms with Gasteiger partial charge in [-0.15, -0.1) is 0 Å². The van der Waals surface area contributed by atoms with Gasteiger partial charge in [0, 0.05) is 30.6 Å². The predicted molar refractivity (Wildman–Crippen MR) is 103 cm³/mol. The highest BCUT2D eigenvalue weighted by Gasteiger charge is 2.31. The molecular formula is C21H22N4O3. The Labute approximate surface area is 163 Å². The number of rotatable bonds is 4. The van der Waals surface area contributed by atoms with E-state index in [0.29, 0.717) is 18.0 Å². The van der Waals surface area contributed by atoms with Gasteiger partial charge < -0.3 is 14.2 Å². The number of methoxy groups -OCH3 is 1. The van der Waals surface area contributed by atoms with Gasteiger partial charge in [-0.25, -0.2) is 4.98 Å². The van der Waals surface area contributed by atoms with Crippen LogP contribution in [0.5, 0.6) is 5.75 Å². The topological polar surface area (TPSA) is 81.4 Å². The lowest BCUT2D eigenvalue weighted by molar-refractivity contribution is 0.0644. The summed E-state index contributed by atoms with van der Waals surface area (Å²) in [6.45, 7) is 0.665. The first-order chi connectivity index (χ1) is 13.8. The number of nitrogens with zero attached hydrogens (tertiary/aromatic N) is 4. The molecule has 1 amide bonds. The zero-order chi connectivity index (χ0) is 19.3. The summed E-state index contributed by atoms with van der Waals surface area (Å²) >= 11 is 0. The second-order valence-electron chi connectivity index (χ2n) is 6.80. The van der Waals surface area contributed by atoms with Crippen LogP contribution < -0.4 is 4.74 Å². The highest BCUT2D eigenvalue weighted by atomic mass is 16.5. The second kappa shape index (κ2) is 8.21. The lowest BCUT2D eigenvalue weighted by Crippen LogP contribution is -2.35. The monoisotopic (exact) mass is 378 g/mol.